The van der Waals surface area contributed by atoms with Crippen molar-refractivity contribution >= 4 is 17.8 Å². The Morgan fingerprint density at radius 2 is 2.19 bits per heavy atom. The van der Waals surface area contributed by atoms with Crippen LogP contribution in [0.5, 0.6) is 0 Å². The lowest BCUT2D eigenvalue weighted by Gasteiger charge is -2.23. The Kier molecular flexibility index (Phi) is 4.06. The summed E-state index contributed by atoms with van der Waals surface area (Å²) in [6.07, 6.45) is 0. The molecule has 0 spiro atoms. The van der Waals surface area contributed by atoms with Gasteiger partial charge in [0.05, 0.1) is 6.04 Å². The fraction of sp³-hybridized carbons (Fsp3) is 0.800. The molecule has 1 fully saturated rings. The zero-order valence-corrected chi connectivity index (χ0v) is 10.6. The minimum atomic E-state index is 0.130. The lowest BCUT2D eigenvalue weighted by molar-refractivity contribution is 0.420. The Hall–Kier alpha value is -0.750. The summed E-state index contributed by atoms with van der Waals surface area (Å²) in [5.41, 5.74) is 0. The van der Waals surface area contributed by atoms with Crippen molar-refractivity contribution in [2.24, 2.45) is 0 Å². The van der Waals surface area contributed by atoms with Crippen molar-refractivity contribution in [3.8, 4) is 0 Å². The summed E-state index contributed by atoms with van der Waals surface area (Å²) in [5, 5.41) is 11.4. The van der Waals surface area contributed by atoms with Crippen LogP contribution in [0, 0.1) is 0 Å². The fourth-order valence-corrected chi connectivity index (χ4v) is 2.58. The number of hydrogen-bond donors (Lipinski definition) is 1. The molecule has 1 aliphatic rings. The number of rotatable bonds is 4. The lowest BCUT2D eigenvalue weighted by atomic mass is 10.3. The molecule has 16 heavy (non-hydrogen) atoms. The van der Waals surface area contributed by atoms with Crippen LogP contribution >= 0.6 is 11.8 Å². The van der Waals surface area contributed by atoms with Crippen LogP contribution in [0.3, 0.4) is 0 Å². The molecule has 1 aliphatic heterocycles. The number of anilines is 1. The van der Waals surface area contributed by atoms with Gasteiger partial charge in [-0.1, -0.05) is 12.0 Å². The molecule has 0 radical (unpaired) electrons. The highest BCUT2D eigenvalue weighted by Gasteiger charge is 2.19. The third-order valence-electron chi connectivity index (χ3n) is 2.59. The van der Waals surface area contributed by atoms with Crippen molar-refractivity contribution < 1.29 is 4.42 Å². The normalized spacial score (nSPS) is 18.8. The minimum absolute atomic E-state index is 0.130. The van der Waals surface area contributed by atoms with Crippen LogP contribution in [0.2, 0.25) is 0 Å². The molecule has 1 N–H and O–H groups in total. The van der Waals surface area contributed by atoms with Gasteiger partial charge in [-0.05, 0) is 13.5 Å². The van der Waals surface area contributed by atoms with E-state index in [1.54, 1.807) is 0 Å². The summed E-state index contributed by atoms with van der Waals surface area (Å²) < 4.78 is 5.67. The van der Waals surface area contributed by atoms with Crippen LogP contribution in [0.1, 0.15) is 25.8 Å². The Balaban J connectivity index is 2.00. The van der Waals surface area contributed by atoms with Gasteiger partial charge in [0.1, 0.15) is 0 Å². The van der Waals surface area contributed by atoms with E-state index in [4.69, 9.17) is 4.42 Å². The van der Waals surface area contributed by atoms with Gasteiger partial charge in [0, 0.05) is 24.6 Å². The van der Waals surface area contributed by atoms with E-state index in [1.165, 1.54) is 0 Å². The van der Waals surface area contributed by atoms with Gasteiger partial charge in [0.2, 0.25) is 5.89 Å². The number of aromatic nitrogens is 2. The van der Waals surface area contributed by atoms with Gasteiger partial charge in [0.15, 0.2) is 0 Å². The predicted molar refractivity (Wildman–Crippen MR) is 65.9 cm³/mol. The molecule has 1 unspecified atom stereocenters. The predicted octanol–water partition coefficient (Wildman–Crippen LogP) is 1.29. The molecule has 0 aromatic carbocycles. The van der Waals surface area contributed by atoms with Crippen molar-refractivity contribution in [3.63, 3.8) is 0 Å². The quantitative estimate of drug-likeness (QED) is 0.858. The van der Waals surface area contributed by atoms with E-state index in [0.29, 0.717) is 11.9 Å². The molecule has 2 rings (SSSR count). The molecular weight excluding hydrogens is 224 g/mol. The third-order valence-corrected chi connectivity index (χ3v) is 3.53. The van der Waals surface area contributed by atoms with E-state index in [-0.39, 0.29) is 6.04 Å². The van der Waals surface area contributed by atoms with Crippen molar-refractivity contribution in [2.45, 2.75) is 19.9 Å². The Labute approximate surface area is 100.0 Å². The molecule has 5 nitrogen and oxygen atoms in total. The zero-order chi connectivity index (χ0) is 11.4. The number of thioether (sulfide) groups is 1. The monoisotopic (exact) mass is 242 g/mol. The van der Waals surface area contributed by atoms with Gasteiger partial charge in [0.25, 0.3) is 0 Å². The largest absolute Gasteiger partial charge is 0.406 e. The molecule has 90 valence electrons. The van der Waals surface area contributed by atoms with Gasteiger partial charge in [-0.25, -0.2) is 0 Å². The molecule has 0 saturated carbocycles. The number of hydrogen-bond acceptors (Lipinski definition) is 6. The van der Waals surface area contributed by atoms with Gasteiger partial charge in [-0.2, -0.15) is 11.8 Å². The highest BCUT2D eigenvalue weighted by atomic mass is 32.2. The average Bonchev–Trinajstić information content (AvgIpc) is 2.80. The molecule has 6 heteroatoms. The second-order valence-corrected chi connectivity index (χ2v) is 5.03. The summed E-state index contributed by atoms with van der Waals surface area (Å²) in [4.78, 5) is 2.16. The van der Waals surface area contributed by atoms with Crippen LogP contribution in [-0.4, -0.2) is 41.3 Å². The van der Waals surface area contributed by atoms with E-state index >= 15 is 0 Å². The molecule has 1 atom stereocenters. The first-order valence-electron chi connectivity index (χ1n) is 5.70. The van der Waals surface area contributed by atoms with Crippen LogP contribution in [-0.2, 0) is 0 Å². The van der Waals surface area contributed by atoms with Crippen molar-refractivity contribution in [2.75, 3.05) is 36.0 Å². The summed E-state index contributed by atoms with van der Waals surface area (Å²) in [7, 11) is 0. The lowest BCUT2D eigenvalue weighted by Crippen LogP contribution is -2.32. The standard InChI is InChI=1S/C10H18N4OS/c1-3-11-8(2)9-12-13-10(15-9)14-4-6-16-7-5-14/h8,11H,3-7H2,1-2H3. The summed E-state index contributed by atoms with van der Waals surface area (Å²) in [6.45, 7) is 7.01. The van der Waals surface area contributed by atoms with E-state index in [0.717, 1.165) is 31.1 Å². The minimum Gasteiger partial charge on any atom is -0.406 e. The van der Waals surface area contributed by atoms with Gasteiger partial charge < -0.3 is 14.6 Å². The molecule has 1 saturated heterocycles. The van der Waals surface area contributed by atoms with Crippen LogP contribution in [0.15, 0.2) is 4.42 Å². The number of nitrogens with one attached hydrogen (secondary N) is 1. The molecular formula is C10H18N4OS. The van der Waals surface area contributed by atoms with Crippen molar-refractivity contribution in [1.82, 2.24) is 15.5 Å². The van der Waals surface area contributed by atoms with Gasteiger partial charge in [-0.15, -0.1) is 5.10 Å². The first-order valence-corrected chi connectivity index (χ1v) is 6.86. The fourth-order valence-electron chi connectivity index (χ4n) is 1.68. The topological polar surface area (TPSA) is 54.2 Å². The van der Waals surface area contributed by atoms with Gasteiger partial charge >= 0.3 is 6.01 Å². The van der Waals surface area contributed by atoms with Gasteiger partial charge in [-0.3, -0.25) is 0 Å². The Morgan fingerprint density at radius 1 is 1.44 bits per heavy atom. The molecule has 2 heterocycles. The molecule has 1 aromatic rings. The highest BCUT2D eigenvalue weighted by molar-refractivity contribution is 7.99. The van der Waals surface area contributed by atoms with E-state index in [9.17, 15) is 0 Å². The molecule has 0 bridgehead atoms. The summed E-state index contributed by atoms with van der Waals surface area (Å²) in [6, 6.07) is 0.797. The highest BCUT2D eigenvalue weighted by Crippen LogP contribution is 2.20. The van der Waals surface area contributed by atoms with Crippen molar-refractivity contribution in [3.05, 3.63) is 5.89 Å². The maximum Gasteiger partial charge on any atom is 0.318 e. The second-order valence-electron chi connectivity index (χ2n) is 3.80. The SMILES string of the molecule is CCNC(C)c1nnc(N2CCSCC2)o1. The van der Waals surface area contributed by atoms with Crippen LogP contribution in [0.25, 0.3) is 0 Å². The third kappa shape index (κ3) is 2.68. The first kappa shape index (κ1) is 11.7. The van der Waals surface area contributed by atoms with E-state index < -0.39 is 0 Å². The van der Waals surface area contributed by atoms with Crippen LogP contribution in [0.4, 0.5) is 6.01 Å². The second kappa shape index (κ2) is 5.54. The smallest absolute Gasteiger partial charge is 0.318 e. The summed E-state index contributed by atoms with van der Waals surface area (Å²) in [5.74, 6) is 2.95. The van der Waals surface area contributed by atoms with E-state index in [2.05, 4.69) is 27.3 Å². The van der Waals surface area contributed by atoms with Crippen LogP contribution < -0.4 is 10.2 Å². The number of nitrogens with zero attached hydrogens (tertiary/aromatic N) is 3. The van der Waals surface area contributed by atoms with E-state index in [1.807, 2.05) is 18.7 Å². The first-order chi connectivity index (χ1) is 7.81. The maximum absolute atomic E-state index is 5.67. The average molecular weight is 242 g/mol. The molecule has 1 aromatic heterocycles. The maximum atomic E-state index is 5.67. The Morgan fingerprint density at radius 3 is 2.88 bits per heavy atom. The molecule has 0 amide bonds. The molecule has 0 aliphatic carbocycles. The summed E-state index contributed by atoms with van der Waals surface area (Å²) >= 11 is 1.97. The Bertz CT molecular complexity index is 324. The van der Waals surface area contributed by atoms with Crippen molar-refractivity contribution in [1.29, 1.82) is 0 Å². The zero-order valence-electron chi connectivity index (χ0n) is 9.77.